The van der Waals surface area contributed by atoms with Gasteiger partial charge in [-0.3, -0.25) is 4.68 Å². The molecule has 2 N–H and O–H groups in total. The molecule has 1 atom stereocenters. The maximum atomic E-state index is 6.11. The van der Waals surface area contributed by atoms with Crippen LogP contribution in [-0.4, -0.2) is 14.8 Å². The van der Waals surface area contributed by atoms with Gasteiger partial charge in [-0.2, -0.15) is 5.10 Å². The van der Waals surface area contributed by atoms with Crippen molar-refractivity contribution in [3.05, 3.63) is 46.0 Å². The monoisotopic (exact) mass is 270 g/mol. The van der Waals surface area contributed by atoms with Gasteiger partial charge in [-0.25, -0.2) is 4.98 Å². The minimum Gasteiger partial charge on any atom is -0.324 e. The zero-order valence-corrected chi connectivity index (χ0v) is 10.8. The first-order valence-electron chi connectivity index (χ1n) is 5.12. The number of aromatic nitrogens is 3. The van der Waals surface area contributed by atoms with Crippen molar-refractivity contribution in [1.82, 2.24) is 14.8 Å². The van der Waals surface area contributed by atoms with E-state index in [9.17, 15) is 0 Å². The first kappa shape index (κ1) is 12.4. The topological polar surface area (TPSA) is 56.7 Å². The molecule has 0 fully saturated rings. The fraction of sp³-hybridized carbons (Fsp3) is 0.273. The summed E-state index contributed by atoms with van der Waals surface area (Å²) in [5.41, 5.74) is 6.92. The number of aryl methyl sites for hydroxylation is 1. The standard InChI is InChI=1S/C11H12Cl2N4/c1-17-10(15-6-16-17)5-9(14)7-3-2-4-8(12)11(7)13/h2-4,6,9H,5,14H2,1H3. The quantitative estimate of drug-likeness (QED) is 0.932. The van der Waals surface area contributed by atoms with Crippen LogP contribution in [0.15, 0.2) is 24.5 Å². The Balaban J connectivity index is 2.23. The van der Waals surface area contributed by atoms with Crippen molar-refractivity contribution in [3.63, 3.8) is 0 Å². The average Bonchev–Trinajstić information content (AvgIpc) is 2.68. The van der Waals surface area contributed by atoms with Crippen LogP contribution in [-0.2, 0) is 13.5 Å². The van der Waals surface area contributed by atoms with Crippen molar-refractivity contribution in [3.8, 4) is 0 Å². The lowest BCUT2D eigenvalue weighted by molar-refractivity contribution is 0.629. The Morgan fingerprint density at radius 1 is 1.41 bits per heavy atom. The van der Waals surface area contributed by atoms with E-state index >= 15 is 0 Å². The third-order valence-corrected chi connectivity index (χ3v) is 3.42. The summed E-state index contributed by atoms with van der Waals surface area (Å²) in [6.07, 6.45) is 2.07. The normalized spacial score (nSPS) is 12.7. The summed E-state index contributed by atoms with van der Waals surface area (Å²) in [5.74, 6) is 0.813. The highest BCUT2D eigenvalue weighted by Crippen LogP contribution is 2.29. The van der Waals surface area contributed by atoms with Gasteiger partial charge in [0.15, 0.2) is 0 Å². The van der Waals surface area contributed by atoms with Crippen molar-refractivity contribution in [2.75, 3.05) is 0 Å². The van der Waals surface area contributed by atoms with E-state index in [0.717, 1.165) is 11.4 Å². The van der Waals surface area contributed by atoms with E-state index in [0.29, 0.717) is 16.5 Å². The second kappa shape index (κ2) is 5.04. The van der Waals surface area contributed by atoms with Gasteiger partial charge in [-0.1, -0.05) is 35.3 Å². The molecule has 0 saturated carbocycles. The van der Waals surface area contributed by atoms with Crippen LogP contribution in [0.25, 0.3) is 0 Å². The molecular weight excluding hydrogens is 259 g/mol. The van der Waals surface area contributed by atoms with Crippen LogP contribution in [0.3, 0.4) is 0 Å². The van der Waals surface area contributed by atoms with E-state index < -0.39 is 0 Å². The van der Waals surface area contributed by atoms with Crippen molar-refractivity contribution >= 4 is 23.2 Å². The Kier molecular flexibility index (Phi) is 3.66. The van der Waals surface area contributed by atoms with E-state index in [1.165, 1.54) is 6.33 Å². The summed E-state index contributed by atoms with van der Waals surface area (Å²) in [7, 11) is 1.83. The predicted octanol–water partition coefficient (Wildman–Crippen LogP) is 2.36. The van der Waals surface area contributed by atoms with Crippen LogP contribution in [0.2, 0.25) is 10.0 Å². The van der Waals surface area contributed by atoms with Gasteiger partial charge in [-0.15, -0.1) is 0 Å². The number of benzene rings is 1. The van der Waals surface area contributed by atoms with Crippen LogP contribution in [0.1, 0.15) is 17.4 Å². The molecule has 1 aromatic carbocycles. The van der Waals surface area contributed by atoms with Crippen LogP contribution < -0.4 is 5.73 Å². The van der Waals surface area contributed by atoms with E-state index in [-0.39, 0.29) is 6.04 Å². The zero-order chi connectivity index (χ0) is 12.4. The van der Waals surface area contributed by atoms with E-state index in [1.807, 2.05) is 19.2 Å². The Morgan fingerprint density at radius 2 is 2.18 bits per heavy atom. The minimum absolute atomic E-state index is 0.246. The predicted molar refractivity (Wildman–Crippen MR) is 68.1 cm³/mol. The second-order valence-corrected chi connectivity index (χ2v) is 4.54. The molecule has 90 valence electrons. The summed E-state index contributed by atoms with van der Waals surface area (Å²) < 4.78 is 1.69. The molecule has 0 amide bonds. The molecule has 6 heteroatoms. The summed E-state index contributed by atoms with van der Waals surface area (Å²) in [5, 5.41) is 5.01. The van der Waals surface area contributed by atoms with Gasteiger partial charge in [-0.05, 0) is 11.6 Å². The number of rotatable bonds is 3. The largest absolute Gasteiger partial charge is 0.324 e. The highest BCUT2D eigenvalue weighted by Gasteiger charge is 2.15. The zero-order valence-electron chi connectivity index (χ0n) is 9.27. The third-order valence-electron chi connectivity index (χ3n) is 2.59. The molecule has 0 saturated heterocycles. The SMILES string of the molecule is Cn1ncnc1CC(N)c1cccc(Cl)c1Cl. The maximum absolute atomic E-state index is 6.11. The molecule has 1 heterocycles. The van der Waals surface area contributed by atoms with Crippen molar-refractivity contribution in [2.45, 2.75) is 12.5 Å². The fourth-order valence-corrected chi connectivity index (χ4v) is 2.07. The molecule has 0 aliphatic carbocycles. The molecule has 0 bridgehead atoms. The average molecular weight is 271 g/mol. The lowest BCUT2D eigenvalue weighted by Crippen LogP contribution is -2.16. The Hall–Kier alpha value is -1.10. The van der Waals surface area contributed by atoms with Crippen molar-refractivity contribution < 1.29 is 0 Å². The van der Waals surface area contributed by atoms with Gasteiger partial charge in [0.1, 0.15) is 12.2 Å². The van der Waals surface area contributed by atoms with Crippen molar-refractivity contribution in [1.29, 1.82) is 0 Å². The van der Waals surface area contributed by atoms with E-state index in [1.54, 1.807) is 10.7 Å². The molecule has 4 nitrogen and oxygen atoms in total. The molecule has 0 aliphatic heterocycles. The Morgan fingerprint density at radius 3 is 2.82 bits per heavy atom. The second-order valence-electron chi connectivity index (χ2n) is 3.75. The Bertz CT molecular complexity index is 524. The number of nitrogens with zero attached hydrogens (tertiary/aromatic N) is 3. The maximum Gasteiger partial charge on any atom is 0.138 e. The molecule has 0 radical (unpaired) electrons. The number of halogens is 2. The summed E-state index contributed by atoms with van der Waals surface area (Å²) in [6.45, 7) is 0. The molecule has 2 rings (SSSR count). The van der Waals surface area contributed by atoms with Crippen LogP contribution in [0, 0.1) is 0 Å². The highest BCUT2D eigenvalue weighted by molar-refractivity contribution is 6.42. The first-order chi connectivity index (χ1) is 8.09. The lowest BCUT2D eigenvalue weighted by Gasteiger charge is -2.13. The van der Waals surface area contributed by atoms with Gasteiger partial charge >= 0.3 is 0 Å². The molecule has 17 heavy (non-hydrogen) atoms. The van der Waals surface area contributed by atoms with Crippen molar-refractivity contribution in [2.24, 2.45) is 12.8 Å². The molecule has 1 aromatic heterocycles. The highest BCUT2D eigenvalue weighted by atomic mass is 35.5. The molecule has 2 aromatic rings. The molecule has 1 unspecified atom stereocenters. The number of hydrogen-bond donors (Lipinski definition) is 1. The molecular formula is C11H12Cl2N4. The van der Waals surface area contributed by atoms with Gasteiger partial charge in [0.2, 0.25) is 0 Å². The lowest BCUT2D eigenvalue weighted by atomic mass is 10.0. The van der Waals surface area contributed by atoms with Crippen LogP contribution >= 0.6 is 23.2 Å². The van der Waals surface area contributed by atoms with E-state index in [4.69, 9.17) is 28.9 Å². The summed E-state index contributed by atoms with van der Waals surface area (Å²) in [4.78, 5) is 4.13. The molecule has 0 aliphatic rings. The molecule has 0 spiro atoms. The number of nitrogens with two attached hydrogens (primary N) is 1. The van der Waals surface area contributed by atoms with E-state index in [2.05, 4.69) is 10.1 Å². The Labute approximate surface area is 109 Å². The van der Waals surface area contributed by atoms with Crippen LogP contribution in [0.4, 0.5) is 0 Å². The first-order valence-corrected chi connectivity index (χ1v) is 5.87. The summed E-state index contributed by atoms with van der Waals surface area (Å²) in [6, 6.07) is 5.20. The third kappa shape index (κ3) is 2.60. The van der Waals surface area contributed by atoms with Gasteiger partial charge < -0.3 is 5.73 Å². The van der Waals surface area contributed by atoms with Crippen LogP contribution in [0.5, 0.6) is 0 Å². The smallest absolute Gasteiger partial charge is 0.138 e. The summed E-state index contributed by atoms with van der Waals surface area (Å²) >= 11 is 12.1. The number of hydrogen-bond acceptors (Lipinski definition) is 3. The van der Waals surface area contributed by atoms with Gasteiger partial charge in [0, 0.05) is 19.5 Å². The van der Waals surface area contributed by atoms with Gasteiger partial charge in [0.05, 0.1) is 10.0 Å². The van der Waals surface area contributed by atoms with Gasteiger partial charge in [0.25, 0.3) is 0 Å². The minimum atomic E-state index is -0.246. The fourth-order valence-electron chi connectivity index (χ4n) is 1.62.